The van der Waals surface area contributed by atoms with Gasteiger partial charge in [0.2, 0.25) is 5.91 Å². The van der Waals surface area contributed by atoms with Crippen LogP contribution in [0.25, 0.3) is 0 Å². The minimum atomic E-state index is -0.444. The van der Waals surface area contributed by atoms with E-state index in [1.54, 1.807) is 24.3 Å². The Bertz CT molecular complexity index is 640. The van der Waals surface area contributed by atoms with E-state index in [-0.39, 0.29) is 11.8 Å². The van der Waals surface area contributed by atoms with Crippen LogP contribution < -0.4 is 16.0 Å². The fourth-order valence-corrected chi connectivity index (χ4v) is 2.88. The summed E-state index contributed by atoms with van der Waals surface area (Å²) < 4.78 is 0. The highest BCUT2D eigenvalue weighted by Gasteiger charge is 2.40. The van der Waals surface area contributed by atoms with Crippen LogP contribution in [0.15, 0.2) is 24.3 Å². The van der Waals surface area contributed by atoms with E-state index >= 15 is 0 Å². The predicted octanol–water partition coefficient (Wildman–Crippen LogP) is 1.32. The smallest absolute Gasteiger partial charge is 0.319 e. The van der Waals surface area contributed by atoms with Crippen LogP contribution in [-0.2, 0) is 4.79 Å². The molecule has 1 aliphatic heterocycles. The molecule has 1 aliphatic carbocycles. The first-order chi connectivity index (χ1) is 11.6. The van der Waals surface area contributed by atoms with Crippen molar-refractivity contribution in [3.63, 3.8) is 0 Å². The van der Waals surface area contributed by atoms with Gasteiger partial charge in [-0.25, -0.2) is 4.79 Å². The Hall–Kier alpha value is -2.57. The largest absolute Gasteiger partial charge is 0.352 e. The van der Waals surface area contributed by atoms with E-state index in [1.807, 2.05) is 11.8 Å². The maximum Gasteiger partial charge on any atom is 0.319 e. The molecule has 4 amide bonds. The summed E-state index contributed by atoms with van der Waals surface area (Å²) in [7, 11) is 0. The van der Waals surface area contributed by atoms with Gasteiger partial charge in [0.15, 0.2) is 0 Å². The summed E-state index contributed by atoms with van der Waals surface area (Å²) >= 11 is 0. The zero-order chi connectivity index (χ0) is 17.1. The predicted molar refractivity (Wildman–Crippen MR) is 89.7 cm³/mol. The van der Waals surface area contributed by atoms with Crippen LogP contribution in [0.4, 0.5) is 10.5 Å². The minimum absolute atomic E-state index is 0.0132. The molecule has 7 nitrogen and oxygen atoms in total. The van der Waals surface area contributed by atoms with Gasteiger partial charge in [-0.05, 0) is 50.5 Å². The van der Waals surface area contributed by atoms with Crippen molar-refractivity contribution < 1.29 is 14.4 Å². The molecule has 1 saturated carbocycles. The maximum absolute atomic E-state index is 12.2. The molecular formula is C17H22N4O3. The van der Waals surface area contributed by atoms with Crippen LogP contribution in [0.5, 0.6) is 0 Å². The van der Waals surface area contributed by atoms with Crippen molar-refractivity contribution in [3.8, 4) is 0 Å². The van der Waals surface area contributed by atoms with Gasteiger partial charge in [-0.15, -0.1) is 0 Å². The third-order valence-electron chi connectivity index (χ3n) is 4.28. The molecule has 0 radical (unpaired) electrons. The van der Waals surface area contributed by atoms with Crippen molar-refractivity contribution >= 4 is 23.5 Å². The number of anilines is 1. The van der Waals surface area contributed by atoms with Gasteiger partial charge in [-0.3, -0.25) is 9.59 Å². The van der Waals surface area contributed by atoms with Gasteiger partial charge in [-0.2, -0.15) is 0 Å². The highest BCUT2D eigenvalue weighted by Crippen LogP contribution is 2.30. The molecule has 1 saturated heterocycles. The third-order valence-corrected chi connectivity index (χ3v) is 4.28. The van der Waals surface area contributed by atoms with Crippen LogP contribution in [0.2, 0.25) is 0 Å². The van der Waals surface area contributed by atoms with Crippen LogP contribution in [0.3, 0.4) is 0 Å². The lowest BCUT2D eigenvalue weighted by molar-refractivity contribution is -0.129. The summed E-state index contributed by atoms with van der Waals surface area (Å²) in [5.74, 6) is -0.135. The molecule has 2 aliphatic rings. The van der Waals surface area contributed by atoms with Crippen LogP contribution in [0.1, 0.15) is 36.5 Å². The molecular weight excluding hydrogens is 308 g/mol. The van der Waals surface area contributed by atoms with Crippen molar-refractivity contribution in [1.29, 1.82) is 0 Å². The van der Waals surface area contributed by atoms with Crippen LogP contribution in [-0.4, -0.2) is 47.9 Å². The van der Waals surface area contributed by atoms with Crippen molar-refractivity contribution in [1.82, 2.24) is 15.5 Å². The van der Waals surface area contributed by atoms with Gasteiger partial charge < -0.3 is 20.9 Å². The van der Waals surface area contributed by atoms with Crippen molar-refractivity contribution in [3.05, 3.63) is 29.8 Å². The second-order valence-corrected chi connectivity index (χ2v) is 6.14. The Morgan fingerprint density at radius 2 is 1.88 bits per heavy atom. The highest BCUT2D eigenvalue weighted by molar-refractivity contribution is 5.96. The first kappa shape index (κ1) is 16.3. The number of nitrogens with zero attached hydrogens (tertiary/aromatic N) is 1. The van der Waals surface area contributed by atoms with Gasteiger partial charge in [0.25, 0.3) is 5.91 Å². The summed E-state index contributed by atoms with van der Waals surface area (Å²) in [6.07, 6.45) is 2.80. The van der Waals surface area contributed by atoms with E-state index in [4.69, 9.17) is 0 Å². The van der Waals surface area contributed by atoms with E-state index in [9.17, 15) is 14.4 Å². The molecule has 7 heteroatoms. The Morgan fingerprint density at radius 3 is 2.50 bits per heavy atom. The van der Waals surface area contributed by atoms with Gasteiger partial charge in [-0.1, -0.05) is 0 Å². The van der Waals surface area contributed by atoms with E-state index in [1.165, 1.54) is 0 Å². The molecule has 2 fully saturated rings. The molecule has 3 N–H and O–H groups in total. The molecule has 1 atom stereocenters. The number of likely N-dealkylation sites (tertiary alicyclic amines) is 1. The quantitative estimate of drug-likeness (QED) is 0.760. The molecule has 128 valence electrons. The summed E-state index contributed by atoms with van der Waals surface area (Å²) in [4.78, 5) is 37.8. The number of nitrogens with one attached hydrogen (secondary N) is 3. The zero-order valence-electron chi connectivity index (χ0n) is 13.7. The Morgan fingerprint density at radius 1 is 1.17 bits per heavy atom. The molecule has 24 heavy (non-hydrogen) atoms. The SMILES string of the molecule is CCNC(=O)c1ccc(NC(=O)N[C@H]2CCN(C3CC3)C2=O)cc1. The molecule has 0 unspecified atom stereocenters. The topological polar surface area (TPSA) is 90.5 Å². The summed E-state index contributed by atoms with van der Waals surface area (Å²) in [5.41, 5.74) is 1.11. The van der Waals surface area contributed by atoms with Crippen molar-refractivity contribution in [2.75, 3.05) is 18.4 Å². The number of hydrogen-bond donors (Lipinski definition) is 3. The van der Waals surface area contributed by atoms with Gasteiger partial charge in [0, 0.05) is 30.4 Å². The third kappa shape index (κ3) is 3.67. The average molecular weight is 330 g/mol. The number of hydrogen-bond acceptors (Lipinski definition) is 3. The Kier molecular flexibility index (Phi) is 4.69. The second-order valence-electron chi connectivity index (χ2n) is 6.14. The fraction of sp³-hybridized carbons (Fsp3) is 0.471. The van der Waals surface area contributed by atoms with Crippen LogP contribution in [0, 0.1) is 0 Å². The normalized spacial score (nSPS) is 20.0. The first-order valence-corrected chi connectivity index (χ1v) is 8.34. The molecule has 1 aromatic rings. The lowest BCUT2D eigenvalue weighted by Crippen LogP contribution is -2.43. The van der Waals surface area contributed by atoms with E-state index in [0.29, 0.717) is 30.3 Å². The monoisotopic (exact) mass is 330 g/mol. The molecule has 0 bridgehead atoms. The minimum Gasteiger partial charge on any atom is -0.352 e. The van der Waals surface area contributed by atoms with E-state index in [0.717, 1.165) is 19.4 Å². The number of carbonyl (C=O) groups excluding carboxylic acids is 3. The van der Waals surface area contributed by atoms with Crippen molar-refractivity contribution in [2.45, 2.75) is 38.3 Å². The molecule has 0 spiro atoms. The molecule has 1 heterocycles. The summed E-state index contributed by atoms with van der Waals surface area (Å²) in [6.45, 7) is 3.14. The number of rotatable bonds is 5. The van der Waals surface area contributed by atoms with E-state index < -0.39 is 12.1 Å². The summed E-state index contributed by atoms with van der Waals surface area (Å²) in [5, 5.41) is 8.13. The van der Waals surface area contributed by atoms with Crippen LogP contribution >= 0.6 is 0 Å². The van der Waals surface area contributed by atoms with E-state index in [2.05, 4.69) is 16.0 Å². The Balaban J connectivity index is 1.51. The Labute approximate surface area is 140 Å². The average Bonchev–Trinajstić information content (AvgIpc) is 3.34. The summed E-state index contributed by atoms with van der Waals surface area (Å²) in [6, 6.07) is 6.16. The zero-order valence-corrected chi connectivity index (χ0v) is 13.7. The standard InChI is InChI=1S/C17H22N4O3/c1-2-18-15(22)11-3-5-12(6-4-11)19-17(24)20-14-9-10-21(16(14)23)13-7-8-13/h3-6,13-14H,2,7-10H2,1H3,(H,18,22)(H2,19,20,24)/t14-/m0/s1. The number of urea groups is 1. The lowest BCUT2D eigenvalue weighted by atomic mass is 10.2. The molecule has 1 aromatic carbocycles. The molecule has 3 rings (SSSR count). The highest BCUT2D eigenvalue weighted by atomic mass is 16.2. The second kappa shape index (κ2) is 6.90. The van der Waals surface area contributed by atoms with Crippen molar-refractivity contribution in [2.24, 2.45) is 0 Å². The first-order valence-electron chi connectivity index (χ1n) is 8.34. The van der Waals surface area contributed by atoms with Gasteiger partial charge in [0.05, 0.1) is 0 Å². The lowest BCUT2D eigenvalue weighted by Gasteiger charge is -2.16. The number of amides is 4. The fourth-order valence-electron chi connectivity index (χ4n) is 2.88. The number of benzene rings is 1. The number of carbonyl (C=O) groups is 3. The molecule has 0 aromatic heterocycles. The van der Waals surface area contributed by atoms with Gasteiger partial charge >= 0.3 is 6.03 Å². The van der Waals surface area contributed by atoms with Gasteiger partial charge in [0.1, 0.15) is 6.04 Å². The maximum atomic E-state index is 12.2.